The van der Waals surface area contributed by atoms with Gasteiger partial charge in [-0.2, -0.15) is 0 Å². The summed E-state index contributed by atoms with van der Waals surface area (Å²) in [4.78, 5) is 0. The van der Waals surface area contributed by atoms with E-state index in [4.69, 9.17) is 5.73 Å². The zero-order valence-electron chi connectivity index (χ0n) is 14.2. The van der Waals surface area contributed by atoms with Crippen LogP contribution in [-0.4, -0.2) is 15.3 Å². The zero-order chi connectivity index (χ0) is 16.8. The Morgan fingerprint density at radius 2 is 1.50 bits per heavy atom. The van der Waals surface area contributed by atoms with Gasteiger partial charge < -0.3 is 10.8 Å². The third-order valence-corrected chi connectivity index (χ3v) is 5.08. The monoisotopic (exact) mass is 325 g/mol. The zero-order valence-corrected chi connectivity index (χ0v) is 14.2. The summed E-state index contributed by atoms with van der Waals surface area (Å²) < 4.78 is 0. The quantitative estimate of drug-likeness (QED) is 0.811. The first kappa shape index (κ1) is 16.7. The standard InChI is InChI=1S/C20H27N3O/c21-20-17(15-10-6-4-2-1-3-5-7-11-15)14-18(22-23-20)16-12-8-9-13-19(16)24/h8-9,12-15,24H,1-7,10-11H2,(H2,21,23). The summed E-state index contributed by atoms with van der Waals surface area (Å²) >= 11 is 0. The Kier molecular flexibility index (Phi) is 5.68. The highest BCUT2D eigenvalue weighted by Gasteiger charge is 2.18. The summed E-state index contributed by atoms with van der Waals surface area (Å²) in [5, 5.41) is 18.5. The molecule has 0 spiro atoms. The minimum absolute atomic E-state index is 0.230. The molecule has 1 saturated carbocycles. The molecule has 1 aliphatic carbocycles. The number of phenolic OH excluding ortho intramolecular Hbond substituents is 1. The van der Waals surface area contributed by atoms with Crippen LogP contribution in [0.15, 0.2) is 30.3 Å². The van der Waals surface area contributed by atoms with Crippen LogP contribution in [0.4, 0.5) is 5.82 Å². The van der Waals surface area contributed by atoms with Gasteiger partial charge in [-0.15, -0.1) is 10.2 Å². The van der Waals surface area contributed by atoms with E-state index in [1.165, 1.54) is 44.9 Å². The van der Waals surface area contributed by atoms with Crippen LogP contribution in [0, 0.1) is 0 Å². The predicted octanol–water partition coefficient (Wildman–Crippen LogP) is 5.04. The summed E-state index contributed by atoms with van der Waals surface area (Å²) in [5.74, 6) is 1.22. The van der Waals surface area contributed by atoms with Crippen LogP contribution in [0.25, 0.3) is 11.3 Å². The molecule has 1 aliphatic rings. The molecule has 128 valence electrons. The summed E-state index contributed by atoms with van der Waals surface area (Å²) in [5.41, 5.74) is 8.68. The molecule has 2 aromatic rings. The molecule has 0 bridgehead atoms. The second-order valence-electron chi connectivity index (χ2n) is 6.84. The molecule has 0 unspecified atom stereocenters. The maximum atomic E-state index is 10.1. The van der Waals surface area contributed by atoms with E-state index in [-0.39, 0.29) is 5.75 Å². The van der Waals surface area contributed by atoms with E-state index in [1.807, 2.05) is 24.3 Å². The van der Waals surface area contributed by atoms with Gasteiger partial charge in [0.15, 0.2) is 0 Å². The van der Waals surface area contributed by atoms with E-state index < -0.39 is 0 Å². The number of hydrogen-bond donors (Lipinski definition) is 2. The lowest BCUT2D eigenvalue weighted by Gasteiger charge is -2.20. The first-order chi connectivity index (χ1) is 11.8. The number of phenols is 1. The van der Waals surface area contributed by atoms with E-state index >= 15 is 0 Å². The smallest absolute Gasteiger partial charge is 0.149 e. The van der Waals surface area contributed by atoms with Crippen molar-refractivity contribution in [3.8, 4) is 17.0 Å². The van der Waals surface area contributed by atoms with Crippen LogP contribution in [-0.2, 0) is 0 Å². The molecule has 3 N–H and O–H groups in total. The first-order valence-corrected chi connectivity index (χ1v) is 9.17. The van der Waals surface area contributed by atoms with Crippen LogP contribution >= 0.6 is 0 Å². The number of hydrogen-bond acceptors (Lipinski definition) is 4. The van der Waals surface area contributed by atoms with E-state index in [0.29, 0.717) is 23.0 Å². The second kappa shape index (κ2) is 8.13. The van der Waals surface area contributed by atoms with E-state index in [0.717, 1.165) is 18.4 Å². The van der Waals surface area contributed by atoms with Gasteiger partial charge in [-0.3, -0.25) is 0 Å². The molecule has 0 atom stereocenters. The lowest BCUT2D eigenvalue weighted by molar-refractivity contribution is 0.462. The molecule has 24 heavy (non-hydrogen) atoms. The van der Waals surface area contributed by atoms with Crippen molar-refractivity contribution in [1.29, 1.82) is 0 Å². The van der Waals surface area contributed by atoms with Crippen molar-refractivity contribution in [1.82, 2.24) is 10.2 Å². The lowest BCUT2D eigenvalue weighted by atomic mass is 9.86. The molecule has 1 aromatic carbocycles. The van der Waals surface area contributed by atoms with Gasteiger partial charge in [0.05, 0.1) is 5.69 Å². The minimum Gasteiger partial charge on any atom is -0.507 e. The van der Waals surface area contributed by atoms with Crippen LogP contribution in [0.1, 0.15) is 69.3 Å². The molecule has 1 fully saturated rings. The van der Waals surface area contributed by atoms with Gasteiger partial charge in [0.25, 0.3) is 0 Å². The number of para-hydroxylation sites is 1. The maximum absolute atomic E-state index is 10.1. The number of nitrogen functional groups attached to an aromatic ring is 1. The summed E-state index contributed by atoms with van der Waals surface area (Å²) in [6, 6.07) is 9.29. The Labute approximate surface area is 144 Å². The van der Waals surface area contributed by atoms with Crippen LogP contribution in [0.2, 0.25) is 0 Å². The number of aromatic hydroxyl groups is 1. The SMILES string of the molecule is Nc1nnc(-c2ccccc2O)cc1C1CCCCCCCCC1. The third kappa shape index (κ3) is 4.05. The van der Waals surface area contributed by atoms with Gasteiger partial charge in [0.1, 0.15) is 11.6 Å². The first-order valence-electron chi connectivity index (χ1n) is 9.17. The fraction of sp³-hybridized carbons (Fsp3) is 0.500. The van der Waals surface area contributed by atoms with Crippen molar-refractivity contribution >= 4 is 5.82 Å². The van der Waals surface area contributed by atoms with Crippen molar-refractivity contribution < 1.29 is 5.11 Å². The van der Waals surface area contributed by atoms with Crippen molar-refractivity contribution in [2.75, 3.05) is 5.73 Å². The second-order valence-corrected chi connectivity index (χ2v) is 6.84. The maximum Gasteiger partial charge on any atom is 0.149 e. The molecule has 3 rings (SSSR count). The van der Waals surface area contributed by atoms with Crippen molar-refractivity contribution in [3.05, 3.63) is 35.9 Å². The average molecular weight is 325 g/mol. The fourth-order valence-electron chi connectivity index (χ4n) is 3.69. The van der Waals surface area contributed by atoms with Gasteiger partial charge >= 0.3 is 0 Å². The third-order valence-electron chi connectivity index (χ3n) is 5.08. The van der Waals surface area contributed by atoms with Crippen molar-refractivity contribution in [3.63, 3.8) is 0 Å². The van der Waals surface area contributed by atoms with Gasteiger partial charge in [-0.05, 0) is 37.0 Å². The Balaban J connectivity index is 1.88. The molecule has 1 aromatic heterocycles. The Bertz CT molecular complexity index is 662. The summed E-state index contributed by atoms with van der Waals surface area (Å²) in [7, 11) is 0. The van der Waals surface area contributed by atoms with Gasteiger partial charge in [0.2, 0.25) is 0 Å². The van der Waals surface area contributed by atoms with Gasteiger partial charge in [-0.1, -0.05) is 57.1 Å². The van der Waals surface area contributed by atoms with E-state index in [9.17, 15) is 5.11 Å². The van der Waals surface area contributed by atoms with Crippen LogP contribution in [0.5, 0.6) is 5.75 Å². The number of nitrogens with zero attached hydrogens (tertiary/aromatic N) is 2. The molecule has 4 nitrogen and oxygen atoms in total. The Morgan fingerprint density at radius 1 is 0.875 bits per heavy atom. The minimum atomic E-state index is 0.230. The predicted molar refractivity (Wildman–Crippen MR) is 97.8 cm³/mol. The molecular formula is C20H27N3O. The largest absolute Gasteiger partial charge is 0.507 e. The number of benzene rings is 1. The topological polar surface area (TPSA) is 72.0 Å². The van der Waals surface area contributed by atoms with E-state index in [1.54, 1.807) is 6.07 Å². The molecule has 0 radical (unpaired) electrons. The average Bonchev–Trinajstić information content (AvgIpc) is 2.61. The van der Waals surface area contributed by atoms with Gasteiger partial charge in [-0.25, -0.2) is 0 Å². The van der Waals surface area contributed by atoms with Crippen LogP contribution in [0.3, 0.4) is 0 Å². The number of rotatable bonds is 2. The fourth-order valence-corrected chi connectivity index (χ4v) is 3.69. The molecule has 4 heteroatoms. The number of aromatic nitrogens is 2. The highest BCUT2D eigenvalue weighted by atomic mass is 16.3. The van der Waals surface area contributed by atoms with Crippen LogP contribution < -0.4 is 5.73 Å². The summed E-state index contributed by atoms with van der Waals surface area (Å²) in [6.07, 6.45) is 11.5. The Hall–Kier alpha value is -2.10. The Morgan fingerprint density at radius 3 is 2.17 bits per heavy atom. The summed E-state index contributed by atoms with van der Waals surface area (Å²) in [6.45, 7) is 0. The molecular weight excluding hydrogens is 298 g/mol. The lowest BCUT2D eigenvalue weighted by Crippen LogP contribution is -2.08. The van der Waals surface area contributed by atoms with E-state index in [2.05, 4.69) is 10.2 Å². The molecule has 0 amide bonds. The molecule has 0 aliphatic heterocycles. The number of nitrogens with two attached hydrogens (primary N) is 1. The molecule has 1 heterocycles. The van der Waals surface area contributed by atoms with Gasteiger partial charge in [0, 0.05) is 11.1 Å². The van der Waals surface area contributed by atoms with Crippen molar-refractivity contribution in [2.24, 2.45) is 0 Å². The van der Waals surface area contributed by atoms with Crippen molar-refractivity contribution in [2.45, 2.75) is 63.7 Å². The highest BCUT2D eigenvalue weighted by molar-refractivity contribution is 5.67. The molecule has 0 saturated heterocycles. The highest BCUT2D eigenvalue weighted by Crippen LogP contribution is 2.35. The number of anilines is 1. The normalized spacial score (nSPS) is 17.5.